The second kappa shape index (κ2) is 9.60. The molecule has 7 heteroatoms. The normalized spacial score (nSPS) is 12.1. The molecule has 1 amide bonds. The van der Waals surface area contributed by atoms with Crippen molar-refractivity contribution in [2.75, 3.05) is 4.90 Å². The minimum atomic E-state index is -0.0682. The summed E-state index contributed by atoms with van der Waals surface area (Å²) < 4.78 is 3.78. The molecule has 1 aliphatic heterocycles. The number of amides is 1. The standard InChI is InChI=1S/C28H22N4OS.BrH/c29-28-30(18-20-10-2-1-3-11-20)21-12-4-5-13-22(21)31(28)19-27(33)32-23-14-6-8-16-25(23)34-26-17-9-7-15-24(26)32;/h1-17,29H,18-19H2;1H. The second-order valence-electron chi connectivity index (χ2n) is 8.24. The van der Waals surface area contributed by atoms with Crippen LogP contribution in [0.2, 0.25) is 0 Å². The number of para-hydroxylation sites is 4. The number of nitrogens with one attached hydrogen (secondary N) is 1. The Morgan fingerprint density at radius 1 is 0.686 bits per heavy atom. The first-order chi connectivity index (χ1) is 16.7. The van der Waals surface area contributed by atoms with Crippen molar-refractivity contribution >= 4 is 57.1 Å². The Morgan fingerprint density at radius 3 is 1.83 bits per heavy atom. The molecule has 1 aromatic heterocycles. The highest BCUT2D eigenvalue weighted by molar-refractivity contribution is 8.93. The van der Waals surface area contributed by atoms with Gasteiger partial charge in [-0.15, -0.1) is 17.0 Å². The maximum absolute atomic E-state index is 13.9. The number of aromatic nitrogens is 2. The van der Waals surface area contributed by atoms with E-state index in [2.05, 4.69) is 12.1 Å². The minimum Gasteiger partial charge on any atom is -0.306 e. The van der Waals surface area contributed by atoms with Gasteiger partial charge in [0, 0.05) is 9.79 Å². The molecule has 4 aromatic carbocycles. The van der Waals surface area contributed by atoms with Crippen LogP contribution in [-0.2, 0) is 17.9 Å². The Kier molecular flexibility index (Phi) is 6.36. The van der Waals surface area contributed by atoms with Gasteiger partial charge in [0.15, 0.2) is 0 Å². The SMILES string of the molecule is Br.N=c1n(CC(=O)N2c3ccccc3Sc3ccccc32)c2ccccc2n1Cc1ccccc1. The van der Waals surface area contributed by atoms with Crippen LogP contribution in [0, 0.1) is 5.41 Å². The summed E-state index contributed by atoms with van der Waals surface area (Å²) in [7, 11) is 0. The number of hydrogen-bond donors (Lipinski definition) is 1. The molecule has 5 nitrogen and oxygen atoms in total. The van der Waals surface area contributed by atoms with Gasteiger partial charge in [0.1, 0.15) is 6.54 Å². The van der Waals surface area contributed by atoms with Gasteiger partial charge in [0.05, 0.1) is 29.0 Å². The number of carbonyl (C=O) groups excluding carboxylic acids is 1. The third kappa shape index (κ3) is 4.11. The number of anilines is 2. The molecule has 0 saturated heterocycles. The Balaban J connectivity index is 0.00000253. The smallest absolute Gasteiger partial charge is 0.251 e. The molecule has 2 heterocycles. The van der Waals surface area contributed by atoms with Gasteiger partial charge in [-0.1, -0.05) is 78.5 Å². The van der Waals surface area contributed by atoms with Crippen molar-refractivity contribution in [2.24, 2.45) is 0 Å². The molecule has 0 radical (unpaired) electrons. The fourth-order valence-corrected chi connectivity index (χ4v) is 5.62. The Bertz CT molecular complexity index is 1550. The maximum Gasteiger partial charge on any atom is 0.251 e. The fourth-order valence-electron chi connectivity index (χ4n) is 4.56. The maximum atomic E-state index is 13.9. The van der Waals surface area contributed by atoms with Gasteiger partial charge in [-0.25, -0.2) is 0 Å². The predicted molar refractivity (Wildman–Crippen MR) is 146 cm³/mol. The van der Waals surface area contributed by atoms with Crippen molar-refractivity contribution < 1.29 is 4.79 Å². The Morgan fingerprint density at radius 2 is 1.20 bits per heavy atom. The van der Waals surface area contributed by atoms with Crippen LogP contribution in [-0.4, -0.2) is 15.0 Å². The summed E-state index contributed by atoms with van der Waals surface area (Å²) in [5.74, 6) is -0.0682. The van der Waals surface area contributed by atoms with Crippen LogP contribution in [0.25, 0.3) is 11.0 Å². The van der Waals surface area contributed by atoms with E-state index in [9.17, 15) is 4.79 Å². The largest absolute Gasteiger partial charge is 0.306 e. The van der Waals surface area contributed by atoms with Crippen LogP contribution in [0.15, 0.2) is 113 Å². The number of fused-ring (bicyclic) bond motifs is 3. The third-order valence-corrected chi connectivity index (χ3v) is 7.26. The van der Waals surface area contributed by atoms with Gasteiger partial charge in [-0.05, 0) is 42.0 Å². The zero-order valence-electron chi connectivity index (χ0n) is 18.8. The van der Waals surface area contributed by atoms with Crippen molar-refractivity contribution in [3.8, 4) is 0 Å². The van der Waals surface area contributed by atoms with Crippen molar-refractivity contribution in [3.05, 3.63) is 114 Å². The van der Waals surface area contributed by atoms with E-state index in [-0.39, 0.29) is 29.4 Å². The van der Waals surface area contributed by atoms with Gasteiger partial charge in [0.2, 0.25) is 5.62 Å². The first-order valence-corrected chi connectivity index (χ1v) is 12.0. The van der Waals surface area contributed by atoms with Crippen molar-refractivity contribution in [3.63, 3.8) is 0 Å². The first kappa shape index (κ1) is 23.2. The van der Waals surface area contributed by atoms with E-state index in [4.69, 9.17) is 5.41 Å². The van der Waals surface area contributed by atoms with Gasteiger partial charge in [-0.2, -0.15) is 0 Å². The number of rotatable bonds is 4. The molecule has 174 valence electrons. The Labute approximate surface area is 217 Å². The number of nitrogens with zero attached hydrogens (tertiary/aromatic N) is 3. The monoisotopic (exact) mass is 542 g/mol. The molecule has 1 N–H and O–H groups in total. The van der Waals surface area contributed by atoms with Crippen molar-refractivity contribution in [1.29, 1.82) is 5.41 Å². The average Bonchev–Trinajstić information content (AvgIpc) is 3.13. The molecule has 0 atom stereocenters. The fraction of sp³-hybridized carbons (Fsp3) is 0.0714. The van der Waals surface area contributed by atoms with Crippen LogP contribution in [0.4, 0.5) is 11.4 Å². The van der Waals surface area contributed by atoms with E-state index in [0.29, 0.717) is 12.2 Å². The highest BCUT2D eigenvalue weighted by Gasteiger charge is 2.28. The summed E-state index contributed by atoms with van der Waals surface area (Å²) in [6.07, 6.45) is 0. The summed E-state index contributed by atoms with van der Waals surface area (Å²) in [6.45, 7) is 0.655. The third-order valence-electron chi connectivity index (χ3n) is 6.13. The highest BCUT2D eigenvalue weighted by Crippen LogP contribution is 2.47. The highest BCUT2D eigenvalue weighted by atomic mass is 79.9. The number of imidazole rings is 1. The van der Waals surface area contributed by atoms with Crippen LogP contribution in [0.3, 0.4) is 0 Å². The summed E-state index contributed by atoms with van der Waals surface area (Å²) in [6, 6.07) is 34.0. The lowest BCUT2D eigenvalue weighted by atomic mass is 10.2. The molecular formula is C28H23BrN4OS. The van der Waals surface area contributed by atoms with Gasteiger partial charge < -0.3 is 9.13 Å². The van der Waals surface area contributed by atoms with Gasteiger partial charge in [-0.3, -0.25) is 15.1 Å². The van der Waals surface area contributed by atoms with Gasteiger partial charge >= 0.3 is 0 Å². The lowest BCUT2D eigenvalue weighted by molar-refractivity contribution is -0.118. The van der Waals surface area contributed by atoms with E-state index in [1.165, 1.54) is 0 Å². The molecule has 0 bridgehead atoms. The molecule has 0 fully saturated rings. The first-order valence-electron chi connectivity index (χ1n) is 11.2. The van der Waals surface area contributed by atoms with Crippen molar-refractivity contribution in [1.82, 2.24) is 9.13 Å². The quantitative estimate of drug-likeness (QED) is 0.286. The molecule has 0 aliphatic carbocycles. The van der Waals surface area contributed by atoms with E-state index in [0.717, 1.165) is 37.8 Å². The van der Waals surface area contributed by atoms with Gasteiger partial charge in [0.25, 0.3) is 5.91 Å². The zero-order valence-corrected chi connectivity index (χ0v) is 21.3. The lowest BCUT2D eigenvalue weighted by Crippen LogP contribution is -2.35. The van der Waals surface area contributed by atoms with Crippen LogP contribution < -0.4 is 10.5 Å². The second-order valence-corrected chi connectivity index (χ2v) is 9.32. The summed E-state index contributed by atoms with van der Waals surface area (Å²) in [5.41, 5.74) is 5.02. The predicted octanol–water partition coefficient (Wildman–Crippen LogP) is 6.38. The Hall–Kier alpha value is -3.55. The van der Waals surface area contributed by atoms with E-state index >= 15 is 0 Å². The molecule has 0 spiro atoms. The van der Waals surface area contributed by atoms with Crippen LogP contribution in [0.5, 0.6) is 0 Å². The molecular weight excluding hydrogens is 520 g/mol. The number of halogens is 1. The van der Waals surface area contributed by atoms with Crippen LogP contribution in [0.1, 0.15) is 5.56 Å². The summed E-state index contributed by atoms with van der Waals surface area (Å²) >= 11 is 1.68. The number of carbonyl (C=O) groups is 1. The average molecular weight is 543 g/mol. The molecule has 1 aliphatic rings. The molecule has 6 rings (SSSR count). The molecule has 0 unspecified atom stereocenters. The van der Waals surface area contributed by atoms with E-state index < -0.39 is 0 Å². The molecule has 35 heavy (non-hydrogen) atoms. The van der Waals surface area contributed by atoms with E-state index in [1.54, 1.807) is 16.7 Å². The minimum absolute atomic E-state index is 0. The summed E-state index contributed by atoms with van der Waals surface area (Å²) in [5, 5.41) is 8.97. The molecule has 0 saturated carbocycles. The number of benzene rings is 4. The zero-order chi connectivity index (χ0) is 23.1. The lowest BCUT2D eigenvalue weighted by Gasteiger charge is -2.31. The molecule has 5 aromatic rings. The van der Waals surface area contributed by atoms with E-state index in [1.807, 2.05) is 100 Å². The van der Waals surface area contributed by atoms with Crippen LogP contribution >= 0.6 is 28.7 Å². The summed E-state index contributed by atoms with van der Waals surface area (Å²) in [4.78, 5) is 17.8. The topological polar surface area (TPSA) is 54.0 Å². The van der Waals surface area contributed by atoms with Crippen molar-refractivity contribution in [2.45, 2.75) is 22.9 Å². The number of hydrogen-bond acceptors (Lipinski definition) is 3.